The molecule has 0 heterocycles. The summed E-state index contributed by atoms with van der Waals surface area (Å²) in [6.45, 7) is 1.64. The third-order valence-corrected chi connectivity index (χ3v) is 3.26. The molecule has 126 valence electrons. The van der Waals surface area contributed by atoms with Gasteiger partial charge in [-0.15, -0.1) is 0 Å². The van der Waals surface area contributed by atoms with Crippen LogP contribution in [-0.4, -0.2) is 32.4 Å². The van der Waals surface area contributed by atoms with E-state index in [2.05, 4.69) is 10.5 Å². The van der Waals surface area contributed by atoms with Crippen LogP contribution in [-0.2, 0) is 4.79 Å². The molecule has 0 spiro atoms. The van der Waals surface area contributed by atoms with E-state index < -0.39 is 0 Å². The van der Waals surface area contributed by atoms with Crippen LogP contribution in [0.25, 0.3) is 0 Å². The Bertz CT molecular complexity index is 728. The van der Waals surface area contributed by atoms with Crippen molar-refractivity contribution in [2.45, 2.75) is 6.92 Å². The van der Waals surface area contributed by atoms with Gasteiger partial charge in [-0.2, -0.15) is 5.10 Å². The van der Waals surface area contributed by atoms with Gasteiger partial charge in [0.15, 0.2) is 18.1 Å². The second-order valence-corrected chi connectivity index (χ2v) is 4.90. The first-order valence-electron chi connectivity index (χ1n) is 7.37. The predicted molar refractivity (Wildman–Crippen MR) is 91.8 cm³/mol. The molecule has 2 aromatic rings. The third kappa shape index (κ3) is 4.74. The molecule has 0 atom stereocenters. The van der Waals surface area contributed by atoms with Gasteiger partial charge < -0.3 is 14.2 Å². The van der Waals surface area contributed by atoms with Gasteiger partial charge in [-0.05, 0) is 31.2 Å². The SMILES string of the molecule is COc1cccc(/C(C)=N/NC(=O)COc2ccccc2OC)c1. The molecule has 6 nitrogen and oxygen atoms in total. The number of methoxy groups -OCH3 is 2. The molecular weight excluding hydrogens is 308 g/mol. The normalized spacial score (nSPS) is 10.9. The minimum Gasteiger partial charge on any atom is -0.497 e. The fourth-order valence-corrected chi connectivity index (χ4v) is 1.97. The lowest BCUT2D eigenvalue weighted by molar-refractivity contribution is -0.123. The molecule has 0 aliphatic rings. The van der Waals surface area contributed by atoms with E-state index >= 15 is 0 Å². The monoisotopic (exact) mass is 328 g/mol. The number of hydrogen-bond acceptors (Lipinski definition) is 5. The van der Waals surface area contributed by atoms with Gasteiger partial charge in [0.2, 0.25) is 0 Å². The summed E-state index contributed by atoms with van der Waals surface area (Å²) in [4.78, 5) is 11.9. The van der Waals surface area contributed by atoms with Crippen LogP contribution >= 0.6 is 0 Å². The third-order valence-electron chi connectivity index (χ3n) is 3.26. The van der Waals surface area contributed by atoms with E-state index in [0.717, 1.165) is 11.3 Å². The zero-order valence-electron chi connectivity index (χ0n) is 13.9. The topological polar surface area (TPSA) is 69.2 Å². The van der Waals surface area contributed by atoms with Crippen LogP contribution in [0, 0.1) is 0 Å². The van der Waals surface area contributed by atoms with Gasteiger partial charge in [0.1, 0.15) is 5.75 Å². The number of nitrogens with zero attached hydrogens (tertiary/aromatic N) is 1. The maximum Gasteiger partial charge on any atom is 0.277 e. The fraction of sp³-hybridized carbons (Fsp3) is 0.222. The number of carbonyl (C=O) groups excluding carboxylic acids is 1. The van der Waals surface area contributed by atoms with Gasteiger partial charge in [-0.3, -0.25) is 4.79 Å². The molecule has 0 aliphatic carbocycles. The van der Waals surface area contributed by atoms with Crippen molar-refractivity contribution in [2.75, 3.05) is 20.8 Å². The van der Waals surface area contributed by atoms with Gasteiger partial charge in [-0.25, -0.2) is 5.43 Å². The number of rotatable bonds is 7. The van der Waals surface area contributed by atoms with E-state index in [0.29, 0.717) is 17.2 Å². The van der Waals surface area contributed by atoms with Crippen molar-refractivity contribution in [2.24, 2.45) is 5.10 Å². The molecule has 0 saturated carbocycles. The van der Waals surface area contributed by atoms with Gasteiger partial charge in [0, 0.05) is 5.56 Å². The highest BCUT2D eigenvalue weighted by Crippen LogP contribution is 2.25. The maximum absolute atomic E-state index is 11.9. The lowest BCUT2D eigenvalue weighted by atomic mass is 10.1. The molecule has 2 aromatic carbocycles. The zero-order chi connectivity index (χ0) is 17.4. The smallest absolute Gasteiger partial charge is 0.277 e. The Labute approximate surface area is 141 Å². The molecule has 0 aliphatic heterocycles. The Morgan fingerprint density at radius 1 is 1.04 bits per heavy atom. The van der Waals surface area contributed by atoms with E-state index in [9.17, 15) is 4.79 Å². The average molecular weight is 328 g/mol. The highest BCUT2D eigenvalue weighted by molar-refractivity contribution is 5.99. The number of amides is 1. The Morgan fingerprint density at radius 2 is 1.79 bits per heavy atom. The average Bonchev–Trinajstić information content (AvgIpc) is 2.64. The highest BCUT2D eigenvalue weighted by atomic mass is 16.5. The molecule has 2 rings (SSSR count). The summed E-state index contributed by atoms with van der Waals surface area (Å²) in [6, 6.07) is 14.6. The Morgan fingerprint density at radius 3 is 2.50 bits per heavy atom. The molecule has 1 amide bonds. The number of para-hydroxylation sites is 2. The van der Waals surface area contributed by atoms with Crippen molar-refractivity contribution in [3.8, 4) is 17.2 Å². The van der Waals surface area contributed by atoms with Gasteiger partial charge in [-0.1, -0.05) is 24.3 Å². The molecule has 0 radical (unpaired) electrons. The lowest BCUT2D eigenvalue weighted by Crippen LogP contribution is -2.25. The number of carbonyl (C=O) groups is 1. The van der Waals surface area contributed by atoms with E-state index in [1.165, 1.54) is 0 Å². The second kappa shape index (κ2) is 8.57. The Balaban J connectivity index is 1.92. The van der Waals surface area contributed by atoms with Gasteiger partial charge in [0.25, 0.3) is 5.91 Å². The molecule has 1 N–H and O–H groups in total. The standard InChI is InChI=1S/C18H20N2O4/c1-13(14-7-6-8-15(11-14)22-2)19-20-18(21)12-24-17-10-5-4-9-16(17)23-3/h4-11H,12H2,1-3H3,(H,20,21)/b19-13+. The van der Waals surface area contributed by atoms with Crippen LogP contribution in [0.5, 0.6) is 17.2 Å². The first kappa shape index (κ1) is 17.3. The number of hydrogen-bond donors (Lipinski definition) is 1. The van der Waals surface area contributed by atoms with E-state index in [4.69, 9.17) is 14.2 Å². The maximum atomic E-state index is 11.9. The van der Waals surface area contributed by atoms with Gasteiger partial charge >= 0.3 is 0 Å². The largest absolute Gasteiger partial charge is 0.497 e. The summed E-state index contributed by atoms with van der Waals surface area (Å²) < 4.78 is 15.8. The van der Waals surface area contributed by atoms with E-state index in [1.807, 2.05) is 30.3 Å². The van der Waals surface area contributed by atoms with E-state index in [1.54, 1.807) is 39.3 Å². The molecule has 0 unspecified atom stereocenters. The number of hydrazone groups is 1. The Kier molecular flexibility index (Phi) is 6.19. The van der Waals surface area contributed by atoms with Crippen LogP contribution in [0.1, 0.15) is 12.5 Å². The Hall–Kier alpha value is -3.02. The number of nitrogens with one attached hydrogen (secondary N) is 1. The summed E-state index contributed by atoms with van der Waals surface area (Å²) in [5, 5.41) is 4.07. The van der Waals surface area contributed by atoms with Crippen molar-refractivity contribution in [1.82, 2.24) is 5.43 Å². The highest BCUT2D eigenvalue weighted by Gasteiger charge is 2.07. The number of benzene rings is 2. The molecule has 0 fully saturated rings. The summed E-state index contributed by atoms with van der Waals surface area (Å²) >= 11 is 0. The summed E-state index contributed by atoms with van der Waals surface area (Å²) in [5.74, 6) is 1.45. The molecule has 6 heteroatoms. The lowest BCUT2D eigenvalue weighted by Gasteiger charge is -2.09. The first-order valence-corrected chi connectivity index (χ1v) is 7.37. The molecular formula is C18H20N2O4. The summed E-state index contributed by atoms with van der Waals surface area (Å²) in [5.41, 5.74) is 4.00. The first-order chi connectivity index (χ1) is 11.6. The van der Waals surface area contributed by atoms with Crippen molar-refractivity contribution in [1.29, 1.82) is 0 Å². The van der Waals surface area contributed by atoms with Crippen LogP contribution in [0.15, 0.2) is 53.6 Å². The van der Waals surface area contributed by atoms with Crippen LogP contribution in [0.3, 0.4) is 0 Å². The van der Waals surface area contributed by atoms with Crippen molar-refractivity contribution < 1.29 is 19.0 Å². The molecule has 0 bridgehead atoms. The quantitative estimate of drug-likeness (QED) is 0.626. The van der Waals surface area contributed by atoms with Crippen molar-refractivity contribution in [3.05, 3.63) is 54.1 Å². The van der Waals surface area contributed by atoms with Crippen LogP contribution in [0.2, 0.25) is 0 Å². The predicted octanol–water partition coefficient (Wildman–Crippen LogP) is 2.62. The van der Waals surface area contributed by atoms with Crippen molar-refractivity contribution in [3.63, 3.8) is 0 Å². The zero-order valence-corrected chi connectivity index (χ0v) is 13.9. The molecule has 0 aromatic heterocycles. The second-order valence-electron chi connectivity index (χ2n) is 4.90. The number of ether oxygens (including phenoxy) is 3. The fourth-order valence-electron chi connectivity index (χ4n) is 1.97. The molecule has 0 saturated heterocycles. The minimum absolute atomic E-state index is 0.157. The van der Waals surface area contributed by atoms with Crippen LogP contribution < -0.4 is 19.6 Å². The van der Waals surface area contributed by atoms with E-state index in [-0.39, 0.29) is 12.5 Å². The molecule has 24 heavy (non-hydrogen) atoms. The van der Waals surface area contributed by atoms with Gasteiger partial charge in [0.05, 0.1) is 19.9 Å². The van der Waals surface area contributed by atoms with Crippen molar-refractivity contribution >= 4 is 11.6 Å². The minimum atomic E-state index is -0.358. The summed E-state index contributed by atoms with van der Waals surface area (Å²) in [6.07, 6.45) is 0. The summed E-state index contributed by atoms with van der Waals surface area (Å²) in [7, 11) is 3.15. The van der Waals surface area contributed by atoms with Crippen LogP contribution in [0.4, 0.5) is 0 Å².